The van der Waals surface area contributed by atoms with Crippen molar-refractivity contribution in [1.82, 2.24) is 108 Å². The highest BCUT2D eigenvalue weighted by Gasteiger charge is 2.12. The Labute approximate surface area is 648 Å². The molecule has 0 unspecified atom stereocenters. The molecule has 12 aromatic heterocycles. The molecule has 0 aliphatic rings. The van der Waals surface area contributed by atoms with Gasteiger partial charge >= 0.3 is 0 Å². The van der Waals surface area contributed by atoms with Crippen molar-refractivity contribution in [2.24, 2.45) is 14.1 Å². The fourth-order valence-electron chi connectivity index (χ4n) is 8.69. The van der Waals surface area contributed by atoms with Crippen molar-refractivity contribution in [2.75, 3.05) is 0 Å². The number of hydrogen-bond acceptors (Lipinski definition) is 26. The number of H-pyrrole nitrogens is 4. The van der Waals surface area contributed by atoms with Crippen LogP contribution in [0.1, 0.15) is 152 Å². The Bertz CT molecular complexity index is 4740. The van der Waals surface area contributed by atoms with E-state index in [0.29, 0.717) is 54.9 Å². The molecule has 27 nitrogen and oxygen atoms in total. The zero-order chi connectivity index (χ0) is 73.3. The molecule has 0 fully saturated rings. The average molecular weight is 1590 g/mol. The monoisotopic (exact) mass is 1580 g/mol. The number of aromatic amines is 4. The van der Waals surface area contributed by atoms with Crippen LogP contribution in [0.4, 0.5) is 0 Å². The molecule has 4 N–H and O–H groups in total. The van der Waals surface area contributed by atoms with Gasteiger partial charge in [0.2, 0.25) is 0 Å². The summed E-state index contributed by atoms with van der Waals surface area (Å²) in [6, 6.07) is 10.3. The van der Waals surface area contributed by atoms with Gasteiger partial charge in [-0.25, -0.2) is 64.8 Å². The molecule has 105 heavy (non-hydrogen) atoms. The summed E-state index contributed by atoms with van der Waals surface area (Å²) in [7, 11) is 3.81. The van der Waals surface area contributed by atoms with Gasteiger partial charge in [-0.3, -0.25) is 23.9 Å². The van der Waals surface area contributed by atoms with Gasteiger partial charge in [0, 0.05) is 178 Å². The van der Waals surface area contributed by atoms with Gasteiger partial charge in [0.05, 0.1) is 41.5 Å². The maximum absolute atomic E-state index is 11.3. The first-order chi connectivity index (χ1) is 48.1. The Morgan fingerprint density at radius 3 is 1.34 bits per heavy atom. The number of aryl methyl sites for hydroxylation is 12. The second-order valence-corrected chi connectivity index (χ2v) is 30.0. The highest BCUT2D eigenvalue weighted by atomic mass is 35.5. The van der Waals surface area contributed by atoms with E-state index in [0.717, 1.165) is 113 Å². The fraction of sp³-hybridized carbons (Fsp3) is 0.400. The Morgan fingerprint density at radius 2 is 0.933 bits per heavy atom. The van der Waals surface area contributed by atoms with Crippen molar-refractivity contribution in [3.63, 3.8) is 0 Å². The van der Waals surface area contributed by atoms with Crippen LogP contribution in [-0.4, -0.2) is 108 Å². The zero-order valence-electron chi connectivity index (χ0n) is 58.9. The van der Waals surface area contributed by atoms with E-state index in [1.54, 1.807) is 61.2 Å². The lowest BCUT2D eigenvalue weighted by Crippen LogP contribution is -2.08. The Morgan fingerprint density at radius 1 is 0.495 bits per heavy atom. The predicted octanol–water partition coefficient (Wildman–Crippen LogP) is 15.3. The maximum atomic E-state index is 11.3. The first kappa shape index (κ1) is 91.0. The van der Waals surface area contributed by atoms with Crippen LogP contribution in [0.2, 0.25) is 5.15 Å². The number of hydrogen-bond donors (Lipinski definition) is 4. The molecule has 0 radical (unpaired) electrons. The van der Waals surface area contributed by atoms with Crippen molar-refractivity contribution in [2.45, 2.75) is 205 Å². The molecular weight excluding hydrogens is 1490 g/mol. The van der Waals surface area contributed by atoms with Gasteiger partial charge in [0.1, 0.15) is 17.2 Å². The van der Waals surface area contributed by atoms with Gasteiger partial charge in [-0.1, -0.05) is 112 Å². The van der Waals surface area contributed by atoms with Crippen molar-refractivity contribution >= 4 is 93.5 Å². The summed E-state index contributed by atoms with van der Waals surface area (Å²) in [5.41, 5.74) is 11.9. The van der Waals surface area contributed by atoms with E-state index >= 15 is 0 Å². The maximum Gasteiger partial charge on any atom is 0.251 e. The molecule has 12 aromatic rings. The summed E-state index contributed by atoms with van der Waals surface area (Å²) in [6.07, 6.45) is 14.4. The van der Waals surface area contributed by atoms with E-state index in [2.05, 4.69) is 120 Å². The normalized spacial score (nSPS) is 10.4. The van der Waals surface area contributed by atoms with Gasteiger partial charge in [0.25, 0.3) is 22.2 Å². The molecule has 0 amide bonds. The lowest BCUT2D eigenvalue weighted by atomic mass is 10.3. The largest absolute Gasteiger partial charge is 0.449 e. The molecule has 0 saturated carbocycles. The van der Waals surface area contributed by atoms with E-state index in [1.807, 2.05) is 135 Å². The summed E-state index contributed by atoms with van der Waals surface area (Å²) in [5.74, 6) is 6.05. The van der Waals surface area contributed by atoms with Crippen molar-refractivity contribution in [1.29, 1.82) is 0 Å². The second kappa shape index (κ2) is 45.3. The summed E-state index contributed by atoms with van der Waals surface area (Å²) in [4.78, 5) is 112. The molecule has 566 valence electrons. The molecule has 0 saturated heterocycles. The van der Waals surface area contributed by atoms with Gasteiger partial charge in [0.15, 0.2) is 36.8 Å². The van der Waals surface area contributed by atoms with Crippen molar-refractivity contribution < 1.29 is 4.42 Å². The van der Waals surface area contributed by atoms with E-state index in [-0.39, 0.29) is 51.9 Å². The van der Waals surface area contributed by atoms with Crippen molar-refractivity contribution in [3.8, 4) is 0 Å². The van der Waals surface area contributed by atoms with Crippen LogP contribution in [0.5, 0.6) is 0 Å². The minimum Gasteiger partial charge on any atom is -0.449 e. The SMILES string of the molecule is C.C.C.C.CCn1cncc1CSc1nc(C)cc(=O)[nH]1.Cc1cc(=O)[nH]c(SCc2cnc(C)s2)n1.Cc1cc(=O)[nH]c(SCc2cnn(C)c2C)n1.Cc1cc(=O)[nH]c(SCc2coc(C)n2)n1.Cc1cc(C)nc(SCc2cncn2C(C)C)n1.Cc1cc(C)nc(SCc2ncc(Cl)n2C)n1. The smallest absolute Gasteiger partial charge is 0.251 e. The summed E-state index contributed by atoms with van der Waals surface area (Å²) in [5, 5.41) is 10.1. The molecule has 0 bridgehead atoms. The lowest BCUT2D eigenvalue weighted by molar-refractivity contribution is 0.521. The molecule has 0 aliphatic carbocycles. The number of nitrogens with zero attached hydrogens (tertiary/aromatic N) is 18. The number of imidazole rings is 3. The number of nitrogens with one attached hydrogen (secondary N) is 4. The first-order valence-corrected chi connectivity index (χ1v) is 38.4. The first-order valence-electron chi connectivity index (χ1n) is 31.3. The lowest BCUT2D eigenvalue weighted by Gasteiger charge is -2.11. The molecule has 0 aliphatic heterocycles. The van der Waals surface area contributed by atoms with E-state index in [1.165, 1.54) is 81.9 Å². The molecule has 0 spiro atoms. The molecular formula is C70H97ClN22O5S7. The van der Waals surface area contributed by atoms with Crippen LogP contribution in [0.25, 0.3) is 0 Å². The van der Waals surface area contributed by atoms with Gasteiger partial charge in [-0.15, -0.1) is 11.3 Å². The van der Waals surface area contributed by atoms with Gasteiger partial charge in [-0.05, 0) is 102 Å². The predicted molar refractivity (Wildman–Crippen MR) is 430 cm³/mol. The summed E-state index contributed by atoms with van der Waals surface area (Å²) >= 11 is 16.8. The Kier molecular flexibility index (Phi) is 39.2. The molecule has 0 aromatic carbocycles. The zero-order valence-corrected chi connectivity index (χ0v) is 65.4. The highest BCUT2D eigenvalue weighted by molar-refractivity contribution is 7.99. The van der Waals surface area contributed by atoms with Crippen LogP contribution in [-0.2, 0) is 55.2 Å². The molecule has 0 atom stereocenters. The number of halogens is 1. The van der Waals surface area contributed by atoms with E-state index in [4.69, 9.17) is 16.0 Å². The van der Waals surface area contributed by atoms with E-state index in [9.17, 15) is 19.2 Å². The standard InChI is InChI=1S/C13H18N4S.C11H13ClN4S.2C11H14N4OS.C10H11N3O2S.C10H11N3OS2.4CH4/c1-9(2)17-8-14-6-12(17)7-18-13-15-10(3)5-11(4)16-13;1-7-4-8(2)15-11(14-7)17-6-10-13-5-9(12)16(10)3;1-7-4-10(16)14-11(13-7)17-6-9-5-12-15(3)8(9)2;1-3-15-7-12-5-9(15)6-17-11-13-8(2)4-10(16)14-11;1-6-3-9(14)13-10(11-6)16-5-8-4-15-7(2)12-8;1-6-3-9(14)13-10(12-6)15-5-8-4-11-7(2)16-8;;;;/h5-6,8-9H,7H2,1-4H3;4-5H,6H2,1-3H3;4-5H,6H2,1-3H3,(H,13,14,16);4-5,7H,3,6H2,1-2H3,(H,13,14,16);3-4H,5H2,1-2H3,(H,11,13,14);3-4H,5H2,1-2H3,(H,12,13,14);4*1H4. The van der Waals surface area contributed by atoms with E-state index < -0.39 is 0 Å². The molecule has 35 heteroatoms. The summed E-state index contributed by atoms with van der Waals surface area (Å²) in [6.45, 7) is 28.2. The van der Waals surface area contributed by atoms with Gasteiger partial charge < -0.3 is 38.1 Å². The minimum atomic E-state index is -0.133. The third-order valence-electron chi connectivity index (χ3n) is 13.6. The van der Waals surface area contributed by atoms with Crippen LogP contribution in [0.15, 0.2) is 141 Å². The second-order valence-electron chi connectivity index (χ2n) is 22.6. The molecule has 12 rings (SSSR count). The average Bonchev–Trinajstić information content (AvgIpc) is 1.77. The topological polar surface area (TPSA) is 345 Å². The number of oxazole rings is 1. The van der Waals surface area contributed by atoms with Crippen LogP contribution in [0, 0.1) is 76.2 Å². The number of thioether (sulfide) groups is 6. The minimum absolute atomic E-state index is 0. The third kappa shape index (κ3) is 31.4. The van der Waals surface area contributed by atoms with Crippen LogP contribution < -0.4 is 22.2 Å². The van der Waals surface area contributed by atoms with Crippen molar-refractivity contribution in [3.05, 3.63) is 228 Å². The Balaban J connectivity index is 0.000000325. The Hall–Kier alpha value is -8.25. The molecule has 12 heterocycles. The van der Waals surface area contributed by atoms with Crippen LogP contribution >= 0.6 is 93.5 Å². The summed E-state index contributed by atoms with van der Waals surface area (Å²) < 4.78 is 13.0. The van der Waals surface area contributed by atoms with Crippen LogP contribution in [0.3, 0.4) is 0 Å². The van der Waals surface area contributed by atoms with Gasteiger partial charge in [-0.2, -0.15) is 5.10 Å². The third-order valence-corrected chi connectivity index (χ3v) is 20.4. The highest BCUT2D eigenvalue weighted by Crippen LogP contribution is 2.26. The number of aromatic nitrogens is 22. The number of rotatable bonds is 20. The quantitative estimate of drug-likeness (QED) is 0.0407. The fourth-order valence-corrected chi connectivity index (χ4v) is 15.1. The number of thiazole rings is 1.